The van der Waals surface area contributed by atoms with Crippen molar-refractivity contribution in [3.05, 3.63) is 19.1 Å². The first-order valence-corrected chi connectivity index (χ1v) is 7.17. The summed E-state index contributed by atoms with van der Waals surface area (Å²) in [4.78, 5) is 24.2. The number of amides is 1. The third-order valence-corrected chi connectivity index (χ3v) is 5.14. The Bertz CT molecular complexity index is 500. The molecule has 1 aliphatic carbocycles. The van der Waals surface area contributed by atoms with Crippen molar-refractivity contribution in [1.29, 1.82) is 0 Å². The standard InChI is InChI=1S/C15H20NO4.Sr.H/c1-3-10-12(18)16-15(13(19)20-14(10,15)2)11(17)9-7-5-4-6-8-9;;/h5,7,9-11,17H,1,3-4,6,8H2,2H3,(H,16,18);;/q-1;+2;-1/t9-,10+,11+,14+,15+;;/m1../s1. The maximum atomic E-state index is 12.1. The number of hydrogen-bond donors (Lipinski definition) is 2. The van der Waals surface area contributed by atoms with E-state index in [0.29, 0.717) is 6.42 Å². The number of hydrogen-bond acceptors (Lipinski definition) is 4. The van der Waals surface area contributed by atoms with E-state index in [2.05, 4.69) is 12.2 Å². The van der Waals surface area contributed by atoms with Crippen molar-refractivity contribution in [2.24, 2.45) is 11.8 Å². The predicted molar refractivity (Wildman–Crippen MR) is 78.2 cm³/mol. The first-order chi connectivity index (χ1) is 9.47. The van der Waals surface area contributed by atoms with Crippen molar-refractivity contribution in [3.63, 3.8) is 0 Å². The van der Waals surface area contributed by atoms with Gasteiger partial charge in [0.1, 0.15) is 0 Å². The van der Waals surface area contributed by atoms with Gasteiger partial charge in [-0.1, -0.05) is 12.2 Å². The predicted octanol–water partition coefficient (Wildman–Crippen LogP) is 0.460. The van der Waals surface area contributed by atoms with Crippen LogP contribution in [0.2, 0.25) is 0 Å². The summed E-state index contributed by atoms with van der Waals surface area (Å²) in [5.74, 6) is -1.41. The molecule has 21 heavy (non-hydrogen) atoms. The molecular formula is C15H21NO4Sr. The van der Waals surface area contributed by atoms with Crippen LogP contribution in [0.3, 0.4) is 0 Å². The molecule has 2 N–H and O–H groups in total. The number of carbonyl (C=O) groups excluding carboxylic acids is 2. The molecule has 0 aromatic heterocycles. The smallest absolute Gasteiger partial charge is 1.00 e. The van der Waals surface area contributed by atoms with Crippen LogP contribution in [-0.4, -0.2) is 79.7 Å². The largest absolute Gasteiger partial charge is 2.00 e. The Balaban J connectivity index is 0.00000121. The molecule has 2 fully saturated rings. The van der Waals surface area contributed by atoms with E-state index in [1.165, 1.54) is 0 Å². The Morgan fingerprint density at radius 1 is 1.62 bits per heavy atom. The number of ether oxygens (including phenoxy) is 1. The Morgan fingerprint density at radius 2 is 2.33 bits per heavy atom. The van der Waals surface area contributed by atoms with Crippen molar-refractivity contribution in [2.45, 2.75) is 49.9 Å². The molecule has 112 valence electrons. The van der Waals surface area contributed by atoms with Crippen LogP contribution >= 0.6 is 0 Å². The molecule has 0 aromatic carbocycles. The van der Waals surface area contributed by atoms with E-state index in [1.807, 2.05) is 12.2 Å². The van der Waals surface area contributed by atoms with E-state index in [0.717, 1.165) is 19.3 Å². The molecule has 0 aromatic rings. The third-order valence-electron chi connectivity index (χ3n) is 5.14. The van der Waals surface area contributed by atoms with Crippen LogP contribution in [0.4, 0.5) is 0 Å². The monoisotopic (exact) mass is 367 g/mol. The molecule has 2 heterocycles. The van der Waals surface area contributed by atoms with E-state index in [1.54, 1.807) is 6.92 Å². The molecule has 0 spiro atoms. The molecule has 0 unspecified atom stereocenters. The summed E-state index contributed by atoms with van der Waals surface area (Å²) in [5.41, 5.74) is -2.30. The zero-order valence-corrected chi connectivity index (χ0v) is 15.8. The van der Waals surface area contributed by atoms with E-state index in [-0.39, 0.29) is 58.7 Å². The van der Waals surface area contributed by atoms with Crippen LogP contribution in [-0.2, 0) is 14.3 Å². The van der Waals surface area contributed by atoms with Crippen molar-refractivity contribution in [1.82, 2.24) is 5.32 Å². The second-order valence-electron chi connectivity index (χ2n) is 6.10. The first kappa shape index (κ1) is 17.5. The van der Waals surface area contributed by atoms with Crippen molar-refractivity contribution in [2.75, 3.05) is 0 Å². The normalized spacial score (nSPS) is 42.2. The van der Waals surface area contributed by atoms with Crippen molar-refractivity contribution in [3.8, 4) is 0 Å². The molecule has 5 atom stereocenters. The molecular weight excluding hydrogens is 346 g/mol. The van der Waals surface area contributed by atoms with E-state index < -0.39 is 29.1 Å². The number of aliphatic hydroxyl groups is 1. The van der Waals surface area contributed by atoms with Crippen LogP contribution < -0.4 is 5.32 Å². The molecule has 1 amide bonds. The summed E-state index contributed by atoms with van der Waals surface area (Å²) in [6, 6.07) is 0. The fourth-order valence-corrected chi connectivity index (χ4v) is 3.88. The van der Waals surface area contributed by atoms with Gasteiger partial charge in [0.25, 0.3) is 0 Å². The maximum absolute atomic E-state index is 12.1. The Labute approximate surface area is 163 Å². The molecule has 5 nitrogen and oxygen atoms in total. The van der Waals surface area contributed by atoms with Gasteiger partial charge in [-0.05, 0) is 26.2 Å². The van der Waals surface area contributed by atoms with Gasteiger partial charge in [0, 0.05) is 5.92 Å². The minimum absolute atomic E-state index is 0. The average molecular weight is 367 g/mol. The molecule has 0 radical (unpaired) electrons. The number of carbonyl (C=O) groups is 2. The number of rotatable bonds is 3. The number of allylic oxidation sites excluding steroid dienone is 1. The Hall–Kier alpha value is 0.121. The summed E-state index contributed by atoms with van der Waals surface area (Å²) >= 11 is 0. The van der Waals surface area contributed by atoms with E-state index in [4.69, 9.17) is 4.74 Å². The third kappa shape index (κ3) is 2.17. The van der Waals surface area contributed by atoms with E-state index >= 15 is 0 Å². The van der Waals surface area contributed by atoms with Crippen LogP contribution in [0.5, 0.6) is 0 Å². The average Bonchev–Trinajstić information content (AvgIpc) is 2.62. The quantitative estimate of drug-likeness (QED) is 0.329. The first-order valence-electron chi connectivity index (χ1n) is 7.17. The van der Waals surface area contributed by atoms with Gasteiger partial charge in [-0.25, -0.2) is 4.79 Å². The van der Waals surface area contributed by atoms with Crippen molar-refractivity contribution < 1.29 is 20.9 Å². The van der Waals surface area contributed by atoms with Crippen LogP contribution in [0, 0.1) is 18.8 Å². The summed E-state index contributed by atoms with van der Waals surface area (Å²) in [6.07, 6.45) is 6.13. The number of fused-ring (bicyclic) bond motifs is 1. The van der Waals surface area contributed by atoms with Gasteiger partial charge in [-0.2, -0.15) is 6.42 Å². The molecule has 3 aliphatic rings. The van der Waals surface area contributed by atoms with Crippen LogP contribution in [0.15, 0.2) is 12.2 Å². The fraction of sp³-hybridized carbons (Fsp3) is 0.667. The fourth-order valence-electron chi connectivity index (χ4n) is 3.88. The summed E-state index contributed by atoms with van der Waals surface area (Å²) in [5, 5.41) is 13.5. The zero-order valence-electron chi connectivity index (χ0n) is 13.3. The summed E-state index contributed by atoms with van der Waals surface area (Å²) in [7, 11) is 0. The van der Waals surface area contributed by atoms with Gasteiger partial charge >= 0.3 is 51.5 Å². The van der Waals surface area contributed by atoms with Crippen molar-refractivity contribution >= 4 is 57.4 Å². The van der Waals surface area contributed by atoms with Gasteiger partial charge in [0.2, 0.25) is 11.4 Å². The molecule has 0 saturated carbocycles. The van der Waals surface area contributed by atoms with E-state index in [9.17, 15) is 14.7 Å². The number of nitrogens with one attached hydrogen (secondary N) is 1. The molecule has 2 saturated heterocycles. The second-order valence-corrected chi connectivity index (χ2v) is 6.10. The summed E-state index contributed by atoms with van der Waals surface area (Å²) < 4.78 is 5.29. The SMILES string of the molecule is [CH2-]C[C@H]1C(=O)N[C@@]2([C@@H](O)[C@@H]3C=CCCC3)C(=O)O[C@@]12C.[H-].[Sr+2]. The topological polar surface area (TPSA) is 75.6 Å². The maximum Gasteiger partial charge on any atom is 2.00 e. The van der Waals surface area contributed by atoms with Crippen LogP contribution in [0.1, 0.15) is 34.0 Å². The molecule has 2 aliphatic heterocycles. The molecule has 0 bridgehead atoms. The van der Waals surface area contributed by atoms with Gasteiger partial charge in [0.15, 0.2) is 5.60 Å². The number of esters is 1. The zero-order chi connectivity index (χ0) is 14.5. The van der Waals surface area contributed by atoms with Gasteiger partial charge in [0.05, 0.1) is 12.0 Å². The molecule has 6 heteroatoms. The molecule has 3 rings (SSSR count). The van der Waals surface area contributed by atoms with Gasteiger partial charge < -0.3 is 23.5 Å². The number of aliphatic hydroxyl groups excluding tert-OH is 1. The second kappa shape index (κ2) is 5.96. The Kier molecular flexibility index (Phi) is 4.96. The van der Waals surface area contributed by atoms with Crippen LogP contribution in [0.25, 0.3) is 0 Å². The van der Waals surface area contributed by atoms with Gasteiger partial charge in [-0.3, -0.25) is 4.79 Å². The Morgan fingerprint density at radius 3 is 2.86 bits per heavy atom. The summed E-state index contributed by atoms with van der Waals surface area (Å²) in [6.45, 7) is 5.48. The minimum atomic E-state index is -1.31. The van der Waals surface area contributed by atoms with Gasteiger partial charge in [-0.15, -0.1) is 0 Å². The minimum Gasteiger partial charge on any atom is -1.00 e.